The van der Waals surface area contributed by atoms with Crippen molar-refractivity contribution in [2.45, 2.75) is 6.42 Å². The molecule has 0 saturated heterocycles. The van der Waals surface area contributed by atoms with Gasteiger partial charge in [0.2, 0.25) is 0 Å². The van der Waals surface area contributed by atoms with Crippen molar-refractivity contribution in [3.05, 3.63) is 35.9 Å². The van der Waals surface area contributed by atoms with Crippen LogP contribution < -0.4 is 11.2 Å². The van der Waals surface area contributed by atoms with E-state index in [2.05, 4.69) is 20.1 Å². The molecule has 0 radical (unpaired) electrons. The van der Waals surface area contributed by atoms with Gasteiger partial charge in [-0.1, -0.05) is 30.3 Å². The Bertz CT molecular complexity index is 429. The minimum absolute atomic E-state index is 0.00848. The molecule has 6 nitrogen and oxygen atoms in total. The third kappa shape index (κ3) is 2.96. The molecule has 2 aromatic rings. The van der Waals surface area contributed by atoms with Crippen molar-refractivity contribution in [2.24, 2.45) is 0 Å². The second-order valence-corrected chi connectivity index (χ2v) is 3.14. The Morgan fingerprint density at radius 2 is 2.12 bits per heavy atom. The summed E-state index contributed by atoms with van der Waals surface area (Å²) >= 11 is 0. The van der Waals surface area contributed by atoms with Crippen LogP contribution in [0.4, 0.5) is 12.0 Å². The summed E-state index contributed by atoms with van der Waals surface area (Å²) in [6.07, 6.45) is 0.807. The first kappa shape index (κ1) is 10.4. The Morgan fingerprint density at radius 3 is 2.81 bits per heavy atom. The van der Waals surface area contributed by atoms with E-state index in [1.165, 1.54) is 5.56 Å². The highest BCUT2D eigenvalue weighted by Gasteiger charge is 2.00. The van der Waals surface area contributed by atoms with Gasteiger partial charge in [0, 0.05) is 0 Å². The van der Waals surface area contributed by atoms with Crippen molar-refractivity contribution in [2.75, 3.05) is 17.8 Å². The maximum absolute atomic E-state index is 5.24. The lowest BCUT2D eigenvalue weighted by molar-refractivity contribution is 0.193. The van der Waals surface area contributed by atoms with Gasteiger partial charge in [-0.25, -0.2) is 5.48 Å². The van der Waals surface area contributed by atoms with Gasteiger partial charge >= 0.3 is 6.01 Å². The molecule has 0 atom stereocenters. The Balaban J connectivity index is 1.69. The summed E-state index contributed by atoms with van der Waals surface area (Å²) < 4.78 is 4.55. The van der Waals surface area contributed by atoms with Crippen LogP contribution in [0.5, 0.6) is 0 Å². The predicted octanol–water partition coefficient (Wildman–Crippen LogP) is 1.24. The van der Waals surface area contributed by atoms with Gasteiger partial charge in [-0.3, -0.25) is 4.84 Å². The van der Waals surface area contributed by atoms with E-state index in [4.69, 9.17) is 10.6 Å². The lowest BCUT2D eigenvalue weighted by Crippen LogP contribution is -2.06. The fourth-order valence-corrected chi connectivity index (χ4v) is 1.21. The molecule has 0 aliphatic carbocycles. The average Bonchev–Trinajstić information content (AvgIpc) is 2.72. The lowest BCUT2D eigenvalue weighted by atomic mass is 10.2. The maximum atomic E-state index is 5.24. The Morgan fingerprint density at radius 1 is 1.31 bits per heavy atom. The van der Waals surface area contributed by atoms with Crippen LogP contribution in [-0.4, -0.2) is 16.7 Å². The van der Waals surface area contributed by atoms with E-state index < -0.39 is 0 Å². The average molecular weight is 220 g/mol. The molecular formula is C10H12N4O2. The van der Waals surface area contributed by atoms with E-state index in [1.54, 1.807) is 0 Å². The number of rotatable bonds is 5. The molecule has 0 aliphatic rings. The molecule has 84 valence electrons. The number of hydrogen-bond donors (Lipinski definition) is 2. The number of nitrogens with two attached hydrogens (primary N) is 1. The minimum Gasteiger partial charge on any atom is -0.351 e. The Labute approximate surface area is 92.4 Å². The molecule has 0 bridgehead atoms. The molecule has 3 N–H and O–H groups in total. The summed E-state index contributed by atoms with van der Waals surface area (Å²) in [6, 6.07) is 10.0. The second-order valence-electron chi connectivity index (χ2n) is 3.14. The normalized spacial score (nSPS) is 10.2. The summed E-state index contributed by atoms with van der Waals surface area (Å²) in [4.78, 5) is 8.87. The van der Waals surface area contributed by atoms with Crippen molar-refractivity contribution in [1.82, 2.24) is 10.1 Å². The van der Waals surface area contributed by atoms with E-state index in [0.717, 1.165) is 6.42 Å². The van der Waals surface area contributed by atoms with Crippen LogP contribution in [0.2, 0.25) is 0 Å². The van der Waals surface area contributed by atoms with Crippen LogP contribution in [0.3, 0.4) is 0 Å². The highest BCUT2D eigenvalue weighted by Crippen LogP contribution is 2.03. The van der Waals surface area contributed by atoms with Gasteiger partial charge < -0.3 is 10.3 Å². The van der Waals surface area contributed by atoms with Crippen LogP contribution in [0.1, 0.15) is 5.56 Å². The molecule has 1 aromatic heterocycles. The topological polar surface area (TPSA) is 86.2 Å². The Hall–Kier alpha value is -2.08. The minimum atomic E-state index is 0.00848. The fourth-order valence-electron chi connectivity index (χ4n) is 1.21. The number of nitrogens with zero attached hydrogens (tertiary/aromatic N) is 2. The van der Waals surface area contributed by atoms with E-state index >= 15 is 0 Å². The largest absolute Gasteiger partial charge is 0.351 e. The van der Waals surface area contributed by atoms with Gasteiger partial charge in [-0.15, -0.1) is 0 Å². The Kier molecular flexibility index (Phi) is 3.35. The zero-order chi connectivity index (χ0) is 11.2. The van der Waals surface area contributed by atoms with Gasteiger partial charge in [-0.2, -0.15) is 4.98 Å². The van der Waals surface area contributed by atoms with Crippen molar-refractivity contribution in [1.29, 1.82) is 0 Å². The van der Waals surface area contributed by atoms with Crippen LogP contribution in [0.25, 0.3) is 0 Å². The van der Waals surface area contributed by atoms with Crippen LogP contribution in [0, 0.1) is 0 Å². The SMILES string of the molecule is Nc1nc(NOCCc2ccccc2)no1. The molecule has 0 saturated carbocycles. The number of anilines is 2. The maximum Gasteiger partial charge on any atom is 0.320 e. The number of aromatic nitrogens is 2. The summed E-state index contributed by atoms with van der Waals surface area (Å²) in [6.45, 7) is 0.512. The third-order valence-corrected chi connectivity index (χ3v) is 1.94. The second kappa shape index (κ2) is 5.13. The molecular weight excluding hydrogens is 208 g/mol. The molecule has 2 rings (SSSR count). The van der Waals surface area contributed by atoms with Gasteiger partial charge in [0.1, 0.15) is 0 Å². The highest BCUT2D eigenvalue weighted by atomic mass is 16.6. The van der Waals surface area contributed by atoms with E-state index in [-0.39, 0.29) is 12.0 Å². The molecule has 0 fully saturated rings. The first-order chi connectivity index (χ1) is 7.84. The molecule has 1 aromatic carbocycles. The van der Waals surface area contributed by atoms with Crippen molar-refractivity contribution in [3.63, 3.8) is 0 Å². The van der Waals surface area contributed by atoms with Crippen LogP contribution in [-0.2, 0) is 11.3 Å². The molecule has 0 amide bonds. The molecule has 0 aliphatic heterocycles. The van der Waals surface area contributed by atoms with Gasteiger partial charge in [0.25, 0.3) is 5.95 Å². The smallest absolute Gasteiger partial charge is 0.320 e. The highest BCUT2D eigenvalue weighted by molar-refractivity contribution is 5.24. The van der Waals surface area contributed by atoms with Gasteiger partial charge in [0.15, 0.2) is 0 Å². The molecule has 1 heterocycles. The number of benzene rings is 1. The number of nitrogen functional groups attached to an aromatic ring is 1. The van der Waals surface area contributed by atoms with E-state index in [0.29, 0.717) is 6.61 Å². The third-order valence-electron chi connectivity index (χ3n) is 1.94. The fraction of sp³-hybridized carbons (Fsp3) is 0.200. The van der Waals surface area contributed by atoms with Gasteiger partial charge in [-0.05, 0) is 17.1 Å². The molecule has 16 heavy (non-hydrogen) atoms. The van der Waals surface area contributed by atoms with Crippen LogP contribution in [0.15, 0.2) is 34.9 Å². The zero-order valence-corrected chi connectivity index (χ0v) is 8.59. The first-order valence-corrected chi connectivity index (χ1v) is 4.85. The zero-order valence-electron chi connectivity index (χ0n) is 8.59. The summed E-state index contributed by atoms with van der Waals surface area (Å²) in [5, 5.41) is 3.51. The molecule has 0 spiro atoms. The van der Waals surface area contributed by atoms with E-state index in [9.17, 15) is 0 Å². The summed E-state index contributed by atoms with van der Waals surface area (Å²) in [5.74, 6) is 0.227. The van der Waals surface area contributed by atoms with Crippen molar-refractivity contribution >= 4 is 12.0 Å². The predicted molar refractivity (Wildman–Crippen MR) is 58.4 cm³/mol. The van der Waals surface area contributed by atoms with Crippen molar-refractivity contribution < 1.29 is 9.36 Å². The summed E-state index contributed by atoms with van der Waals surface area (Å²) in [7, 11) is 0. The number of hydrogen-bond acceptors (Lipinski definition) is 6. The monoisotopic (exact) mass is 220 g/mol. The van der Waals surface area contributed by atoms with Gasteiger partial charge in [0.05, 0.1) is 6.61 Å². The molecule has 0 unspecified atom stereocenters. The van der Waals surface area contributed by atoms with Crippen molar-refractivity contribution in [3.8, 4) is 0 Å². The molecule has 6 heteroatoms. The summed E-state index contributed by atoms with van der Waals surface area (Å²) in [5.41, 5.74) is 8.98. The van der Waals surface area contributed by atoms with Crippen LogP contribution >= 0.6 is 0 Å². The quantitative estimate of drug-likeness (QED) is 0.582. The standard InChI is InChI=1S/C10H12N4O2/c11-9-12-10(14-16-9)13-15-7-6-8-4-2-1-3-5-8/h1-5H,6-7H2,(H3,11,12,13,14). The van der Waals surface area contributed by atoms with E-state index in [1.807, 2.05) is 30.3 Å². The lowest BCUT2D eigenvalue weighted by Gasteiger charge is -2.02. The first-order valence-electron chi connectivity index (χ1n) is 4.85. The number of nitrogens with one attached hydrogen (secondary N) is 1.